The molecule has 0 radical (unpaired) electrons. The highest BCUT2D eigenvalue weighted by Gasteiger charge is 2.19. The van der Waals surface area contributed by atoms with Crippen LogP contribution in [0.4, 0.5) is 5.69 Å². The number of likely N-dealkylation sites (N-methyl/N-ethyl adjacent to an activating group) is 1. The zero-order valence-electron chi connectivity index (χ0n) is 23.2. The molecular formula is C32H39N7. The van der Waals surface area contributed by atoms with Crippen LogP contribution in [0.3, 0.4) is 0 Å². The van der Waals surface area contributed by atoms with Gasteiger partial charge in [-0.15, -0.1) is 0 Å². The number of H-pyrrole nitrogens is 2. The van der Waals surface area contributed by atoms with E-state index in [1.165, 1.54) is 54.5 Å². The molecule has 1 aromatic carbocycles. The molecule has 0 amide bonds. The van der Waals surface area contributed by atoms with Crippen molar-refractivity contribution in [1.82, 2.24) is 30.0 Å². The van der Waals surface area contributed by atoms with Crippen molar-refractivity contribution < 1.29 is 0 Å². The van der Waals surface area contributed by atoms with Gasteiger partial charge in [0.25, 0.3) is 0 Å². The van der Waals surface area contributed by atoms with Crippen LogP contribution in [0.1, 0.15) is 50.2 Å². The number of para-hydroxylation sites is 1. The smallest absolute Gasteiger partial charge is 0.159 e. The summed E-state index contributed by atoms with van der Waals surface area (Å²) in [4.78, 5) is 17.8. The largest absolute Gasteiger partial charge is 0.367 e. The molecule has 3 aromatic heterocycles. The Morgan fingerprint density at radius 2 is 1.92 bits per heavy atom. The van der Waals surface area contributed by atoms with Gasteiger partial charge in [0, 0.05) is 43.8 Å². The van der Waals surface area contributed by atoms with Crippen LogP contribution in [0.15, 0.2) is 42.7 Å². The van der Waals surface area contributed by atoms with Crippen LogP contribution in [0.5, 0.6) is 0 Å². The maximum Gasteiger partial charge on any atom is 0.159 e. The lowest BCUT2D eigenvalue weighted by Crippen LogP contribution is -2.44. The lowest BCUT2D eigenvalue weighted by Gasteiger charge is -2.34. The van der Waals surface area contributed by atoms with E-state index in [0.29, 0.717) is 0 Å². The lowest BCUT2D eigenvalue weighted by molar-refractivity contribution is 0.313. The van der Waals surface area contributed by atoms with Gasteiger partial charge in [0.05, 0.1) is 16.6 Å². The minimum atomic E-state index is 0.743. The molecule has 1 aliphatic heterocycles. The molecule has 4 aromatic rings. The number of rotatable bonds is 6. The van der Waals surface area contributed by atoms with Crippen LogP contribution in [0.2, 0.25) is 0 Å². The predicted molar refractivity (Wildman–Crippen MR) is 161 cm³/mol. The fraction of sp³-hybridized carbons (Fsp3) is 0.406. The number of aromatic amines is 2. The summed E-state index contributed by atoms with van der Waals surface area (Å²) in [5.74, 6) is 1.55. The molecule has 1 saturated carbocycles. The van der Waals surface area contributed by atoms with Gasteiger partial charge in [0.1, 0.15) is 11.2 Å². The summed E-state index contributed by atoms with van der Waals surface area (Å²) in [6.45, 7) is 10.6. The van der Waals surface area contributed by atoms with Gasteiger partial charge in [-0.1, -0.05) is 50.8 Å². The van der Waals surface area contributed by atoms with Crippen molar-refractivity contribution in [2.24, 2.45) is 5.92 Å². The lowest BCUT2D eigenvalue weighted by atomic mass is 9.85. The fourth-order valence-corrected chi connectivity index (χ4v) is 5.99. The summed E-state index contributed by atoms with van der Waals surface area (Å²) in [7, 11) is 2.18. The van der Waals surface area contributed by atoms with Crippen LogP contribution in [-0.2, 0) is 6.42 Å². The third-order valence-electron chi connectivity index (χ3n) is 8.46. The molecule has 0 unspecified atom stereocenters. The molecule has 0 bridgehead atoms. The van der Waals surface area contributed by atoms with E-state index in [-0.39, 0.29) is 0 Å². The van der Waals surface area contributed by atoms with Crippen molar-refractivity contribution in [3.63, 3.8) is 0 Å². The Labute approximate surface area is 230 Å². The molecule has 0 atom stereocenters. The van der Waals surface area contributed by atoms with E-state index in [1.807, 2.05) is 12.4 Å². The van der Waals surface area contributed by atoms with Crippen LogP contribution >= 0.6 is 0 Å². The van der Waals surface area contributed by atoms with Crippen molar-refractivity contribution in [2.45, 2.75) is 45.4 Å². The Morgan fingerprint density at radius 1 is 1.10 bits per heavy atom. The van der Waals surface area contributed by atoms with E-state index in [0.717, 1.165) is 71.6 Å². The Balaban J connectivity index is 1.24. The maximum atomic E-state index is 4.98. The molecule has 2 fully saturated rings. The number of aromatic nitrogens is 5. The number of hydrogen-bond donors (Lipinski definition) is 2. The van der Waals surface area contributed by atoms with Gasteiger partial charge in [-0.05, 0) is 67.3 Å². The highest BCUT2D eigenvalue weighted by Crippen LogP contribution is 2.29. The number of piperazine rings is 1. The van der Waals surface area contributed by atoms with E-state index in [2.05, 4.69) is 86.9 Å². The number of nitrogens with zero attached hydrogens (tertiary/aromatic N) is 5. The number of benzene rings is 1. The molecule has 0 spiro atoms. The van der Waals surface area contributed by atoms with Crippen molar-refractivity contribution in [2.75, 3.05) is 38.1 Å². The molecular weight excluding hydrogens is 482 g/mol. The van der Waals surface area contributed by atoms with E-state index in [4.69, 9.17) is 4.98 Å². The first-order chi connectivity index (χ1) is 19.0. The summed E-state index contributed by atoms with van der Waals surface area (Å²) >= 11 is 0. The van der Waals surface area contributed by atoms with Crippen LogP contribution in [-0.4, -0.2) is 63.3 Å². The fourth-order valence-electron chi connectivity index (χ4n) is 5.99. The summed E-state index contributed by atoms with van der Waals surface area (Å²) in [5.41, 5.74) is 7.61. The van der Waals surface area contributed by atoms with Crippen molar-refractivity contribution in [3.8, 4) is 11.5 Å². The van der Waals surface area contributed by atoms with E-state index < -0.39 is 0 Å². The number of nitrogens with one attached hydrogen (secondary N) is 2. The first kappa shape index (κ1) is 25.6. The van der Waals surface area contributed by atoms with Gasteiger partial charge >= 0.3 is 0 Å². The van der Waals surface area contributed by atoms with Crippen LogP contribution in [0.25, 0.3) is 40.8 Å². The molecule has 7 heteroatoms. The topological polar surface area (TPSA) is 76.7 Å². The number of anilines is 1. The molecule has 2 aliphatic rings. The Hall–Kier alpha value is -3.71. The normalized spacial score (nSPS) is 18.4. The maximum absolute atomic E-state index is 4.98. The Morgan fingerprint density at radius 3 is 2.74 bits per heavy atom. The average Bonchev–Trinajstić information content (AvgIpc) is 3.56. The predicted octanol–water partition coefficient (Wildman–Crippen LogP) is 4.52. The second kappa shape index (κ2) is 11.2. The molecule has 1 aliphatic carbocycles. The molecule has 7 nitrogen and oxygen atoms in total. The summed E-state index contributed by atoms with van der Waals surface area (Å²) < 4.78 is 0. The number of allylic oxidation sites excluding steroid dienone is 2. The zero-order valence-corrected chi connectivity index (χ0v) is 23.2. The second-order valence-corrected chi connectivity index (χ2v) is 11.3. The summed E-state index contributed by atoms with van der Waals surface area (Å²) in [6.07, 6.45) is 16.1. The molecule has 1 saturated heterocycles. The highest BCUT2D eigenvalue weighted by atomic mass is 15.3. The van der Waals surface area contributed by atoms with Gasteiger partial charge in [-0.2, -0.15) is 5.10 Å². The third kappa shape index (κ3) is 5.55. The molecule has 39 heavy (non-hydrogen) atoms. The molecule has 6 rings (SSSR count). The van der Waals surface area contributed by atoms with Gasteiger partial charge in [0.15, 0.2) is 5.82 Å². The van der Waals surface area contributed by atoms with E-state index in [1.54, 1.807) is 0 Å². The minimum Gasteiger partial charge on any atom is -0.367 e. The standard InChI is InChI=1S/C32H39N7/c1-22(26-19-25(20-33-21-26)18-24-8-5-4-6-9-24)12-13-27-23(2)30(37-36-27)32-34-28-10-7-11-29(31(28)35-32)39-16-14-38(3)15-17-39/h7,10-13,19-21,24,36H,2,4-6,8-9,14-18H2,1,3H3,(H,34,35)/b22-12+,27-13+. The quantitative estimate of drug-likeness (QED) is 0.390. The molecule has 202 valence electrons. The average molecular weight is 522 g/mol. The second-order valence-electron chi connectivity index (χ2n) is 11.3. The van der Waals surface area contributed by atoms with Gasteiger partial charge < -0.3 is 14.8 Å². The van der Waals surface area contributed by atoms with Crippen LogP contribution in [0, 0.1) is 5.92 Å². The van der Waals surface area contributed by atoms with Gasteiger partial charge in [0.2, 0.25) is 0 Å². The Bertz CT molecular complexity index is 1580. The van der Waals surface area contributed by atoms with Gasteiger partial charge in [-0.25, -0.2) is 4.98 Å². The van der Waals surface area contributed by atoms with Crippen molar-refractivity contribution in [3.05, 3.63) is 64.4 Å². The monoisotopic (exact) mass is 521 g/mol. The third-order valence-corrected chi connectivity index (χ3v) is 8.46. The number of hydrogen-bond acceptors (Lipinski definition) is 5. The number of imidazole rings is 1. The Kier molecular flexibility index (Phi) is 7.33. The van der Waals surface area contributed by atoms with Gasteiger partial charge in [-0.3, -0.25) is 10.1 Å². The molecule has 2 N–H and O–H groups in total. The van der Waals surface area contributed by atoms with E-state index in [9.17, 15) is 0 Å². The first-order valence-corrected chi connectivity index (χ1v) is 14.3. The summed E-state index contributed by atoms with van der Waals surface area (Å²) in [5, 5.41) is 9.48. The number of pyridine rings is 1. The van der Waals surface area contributed by atoms with E-state index >= 15 is 0 Å². The number of fused-ring (bicyclic) bond motifs is 1. The minimum absolute atomic E-state index is 0.743. The molecule has 4 heterocycles. The van der Waals surface area contributed by atoms with Crippen molar-refractivity contribution in [1.29, 1.82) is 0 Å². The van der Waals surface area contributed by atoms with Crippen LogP contribution < -0.4 is 15.5 Å². The first-order valence-electron chi connectivity index (χ1n) is 14.3. The highest BCUT2D eigenvalue weighted by molar-refractivity contribution is 5.91. The SMILES string of the molecule is C=c1c(-c2nc3c(N4CCN(C)CC4)cccc3[nH]2)n[nH]/c1=C/C=C(\C)c1cncc(CC2CCCCC2)c1. The zero-order chi connectivity index (χ0) is 26.8. The van der Waals surface area contributed by atoms with Crippen molar-refractivity contribution >= 4 is 34.9 Å². The summed E-state index contributed by atoms with van der Waals surface area (Å²) in [6, 6.07) is 8.65.